The van der Waals surface area contributed by atoms with Gasteiger partial charge in [-0.2, -0.15) is 0 Å². The Hall–Kier alpha value is -2.40. The van der Waals surface area contributed by atoms with E-state index in [0.717, 1.165) is 23.3 Å². The quantitative estimate of drug-likeness (QED) is 0.616. The first-order valence-corrected chi connectivity index (χ1v) is 9.11. The van der Waals surface area contributed by atoms with Crippen LogP contribution in [0.2, 0.25) is 5.02 Å². The summed E-state index contributed by atoms with van der Waals surface area (Å²) in [4.78, 5) is 19.2. The molecule has 0 atom stereocenters. The van der Waals surface area contributed by atoms with Gasteiger partial charge in [0, 0.05) is 18.1 Å². The number of rotatable bonds is 6. The summed E-state index contributed by atoms with van der Waals surface area (Å²) in [5, 5.41) is 0.645. The van der Waals surface area contributed by atoms with Crippen molar-refractivity contribution in [3.05, 3.63) is 64.7 Å². The minimum absolute atomic E-state index is 0.0863. The molecule has 0 unspecified atom stereocenters. The molecule has 0 radical (unpaired) electrons. The van der Waals surface area contributed by atoms with E-state index >= 15 is 0 Å². The Kier molecular flexibility index (Phi) is 5.57. The number of carbonyl (C=O) groups is 1. The van der Waals surface area contributed by atoms with Crippen molar-refractivity contribution < 1.29 is 9.18 Å². The van der Waals surface area contributed by atoms with E-state index in [9.17, 15) is 9.18 Å². The van der Waals surface area contributed by atoms with Gasteiger partial charge in [-0.25, -0.2) is 9.37 Å². The minimum Gasteiger partial charge on any atom is -0.331 e. The van der Waals surface area contributed by atoms with Gasteiger partial charge < -0.3 is 9.47 Å². The predicted molar refractivity (Wildman–Crippen MR) is 102 cm³/mol. The first-order valence-electron chi connectivity index (χ1n) is 8.73. The number of imidazole rings is 1. The SMILES string of the molecule is CCCN(Cc1nc2ccc(Cl)cc2n1CC)C(=O)c1ccccc1F. The number of aromatic nitrogens is 2. The molecule has 0 bridgehead atoms. The molecule has 0 fully saturated rings. The number of aryl methyl sites for hydroxylation is 1. The first-order chi connectivity index (χ1) is 12.5. The molecule has 136 valence electrons. The lowest BCUT2D eigenvalue weighted by atomic mass is 10.2. The number of halogens is 2. The van der Waals surface area contributed by atoms with E-state index in [1.807, 2.05) is 30.5 Å². The molecule has 0 aliphatic carbocycles. The van der Waals surface area contributed by atoms with Gasteiger partial charge in [-0.1, -0.05) is 30.7 Å². The fraction of sp³-hybridized carbons (Fsp3) is 0.300. The number of fused-ring (bicyclic) bond motifs is 1. The fourth-order valence-electron chi connectivity index (χ4n) is 3.12. The van der Waals surface area contributed by atoms with Gasteiger partial charge in [0.15, 0.2) is 0 Å². The van der Waals surface area contributed by atoms with Crippen LogP contribution in [-0.2, 0) is 13.1 Å². The maximum absolute atomic E-state index is 14.1. The Bertz CT molecular complexity index is 938. The zero-order chi connectivity index (χ0) is 18.7. The minimum atomic E-state index is -0.505. The smallest absolute Gasteiger partial charge is 0.257 e. The van der Waals surface area contributed by atoms with E-state index in [1.54, 1.807) is 23.1 Å². The lowest BCUT2D eigenvalue weighted by Crippen LogP contribution is -2.33. The molecule has 0 N–H and O–H groups in total. The van der Waals surface area contributed by atoms with Crippen molar-refractivity contribution in [3.63, 3.8) is 0 Å². The average molecular weight is 374 g/mol. The molecule has 3 rings (SSSR count). The van der Waals surface area contributed by atoms with Crippen molar-refractivity contribution in [1.82, 2.24) is 14.5 Å². The molecule has 4 nitrogen and oxygen atoms in total. The van der Waals surface area contributed by atoms with Crippen molar-refractivity contribution in [2.45, 2.75) is 33.4 Å². The third kappa shape index (κ3) is 3.58. The normalized spacial score (nSPS) is 11.1. The van der Waals surface area contributed by atoms with E-state index in [1.165, 1.54) is 12.1 Å². The Morgan fingerprint density at radius 2 is 2.00 bits per heavy atom. The van der Waals surface area contributed by atoms with Gasteiger partial charge in [-0.3, -0.25) is 4.79 Å². The van der Waals surface area contributed by atoms with Gasteiger partial charge in [0.05, 0.1) is 23.1 Å². The molecule has 0 aliphatic heterocycles. The molecule has 0 spiro atoms. The molecule has 2 aromatic carbocycles. The number of hydrogen-bond donors (Lipinski definition) is 0. The molecule has 1 aromatic heterocycles. The monoisotopic (exact) mass is 373 g/mol. The van der Waals surface area contributed by atoms with E-state index < -0.39 is 5.82 Å². The highest BCUT2D eigenvalue weighted by Crippen LogP contribution is 2.22. The number of nitrogens with zero attached hydrogens (tertiary/aromatic N) is 3. The topological polar surface area (TPSA) is 38.1 Å². The number of benzene rings is 2. The summed E-state index contributed by atoms with van der Waals surface area (Å²) in [5.74, 6) is -0.0602. The second kappa shape index (κ2) is 7.87. The van der Waals surface area contributed by atoms with Gasteiger partial charge in [0.2, 0.25) is 0 Å². The highest BCUT2D eigenvalue weighted by molar-refractivity contribution is 6.31. The summed E-state index contributed by atoms with van der Waals surface area (Å²) < 4.78 is 16.1. The molecule has 0 saturated heterocycles. The van der Waals surface area contributed by atoms with E-state index in [0.29, 0.717) is 24.7 Å². The summed E-state index contributed by atoms with van der Waals surface area (Å²) in [7, 11) is 0. The van der Waals surface area contributed by atoms with E-state index in [2.05, 4.69) is 4.98 Å². The summed E-state index contributed by atoms with van der Waals surface area (Å²) in [5.41, 5.74) is 1.86. The summed E-state index contributed by atoms with van der Waals surface area (Å²) in [6.07, 6.45) is 0.776. The molecule has 3 aromatic rings. The zero-order valence-electron chi connectivity index (χ0n) is 14.9. The number of hydrogen-bond acceptors (Lipinski definition) is 2. The Morgan fingerprint density at radius 1 is 1.23 bits per heavy atom. The van der Waals surface area contributed by atoms with Crippen molar-refractivity contribution in [3.8, 4) is 0 Å². The van der Waals surface area contributed by atoms with Crippen LogP contribution in [0, 0.1) is 5.82 Å². The Morgan fingerprint density at radius 3 is 2.69 bits per heavy atom. The second-order valence-electron chi connectivity index (χ2n) is 6.11. The van der Waals surface area contributed by atoms with E-state index in [4.69, 9.17) is 11.6 Å². The van der Waals surface area contributed by atoms with Crippen LogP contribution in [0.3, 0.4) is 0 Å². The van der Waals surface area contributed by atoms with E-state index in [-0.39, 0.29) is 11.5 Å². The van der Waals surface area contributed by atoms with Crippen LogP contribution in [0.5, 0.6) is 0 Å². The maximum Gasteiger partial charge on any atom is 0.257 e. The molecular weight excluding hydrogens is 353 g/mol. The standard InChI is InChI=1S/C20H21ClFN3O/c1-3-11-24(20(26)15-7-5-6-8-16(15)22)13-19-23-17-10-9-14(21)12-18(17)25(19)4-2/h5-10,12H,3-4,11,13H2,1-2H3. The predicted octanol–water partition coefficient (Wildman–Crippen LogP) is 4.90. The Balaban J connectivity index is 1.97. The van der Waals surface area contributed by atoms with Crippen LogP contribution in [0.1, 0.15) is 36.5 Å². The van der Waals surface area contributed by atoms with Gasteiger partial charge in [-0.05, 0) is 43.7 Å². The Labute approximate surface area is 157 Å². The van der Waals surface area contributed by atoms with Gasteiger partial charge in [-0.15, -0.1) is 0 Å². The number of amides is 1. The fourth-order valence-corrected chi connectivity index (χ4v) is 3.28. The average Bonchev–Trinajstić information content (AvgIpc) is 2.97. The molecular formula is C20H21ClFN3O. The number of carbonyl (C=O) groups excluding carboxylic acids is 1. The third-order valence-corrected chi connectivity index (χ3v) is 4.56. The lowest BCUT2D eigenvalue weighted by molar-refractivity contribution is 0.0732. The first kappa shape index (κ1) is 18.4. The van der Waals surface area contributed by atoms with Crippen LogP contribution in [-0.4, -0.2) is 26.9 Å². The van der Waals surface area contributed by atoms with Crippen molar-refractivity contribution in [2.24, 2.45) is 0 Å². The van der Waals surface area contributed by atoms with Crippen molar-refractivity contribution in [2.75, 3.05) is 6.54 Å². The second-order valence-corrected chi connectivity index (χ2v) is 6.55. The van der Waals surface area contributed by atoms with Crippen molar-refractivity contribution in [1.29, 1.82) is 0 Å². The van der Waals surface area contributed by atoms with Crippen LogP contribution in [0.15, 0.2) is 42.5 Å². The zero-order valence-corrected chi connectivity index (χ0v) is 15.6. The summed E-state index contributed by atoms with van der Waals surface area (Å²) in [6, 6.07) is 11.6. The molecule has 6 heteroatoms. The van der Waals surface area contributed by atoms with Crippen LogP contribution in [0.25, 0.3) is 11.0 Å². The molecule has 0 saturated carbocycles. The van der Waals surface area contributed by atoms with Crippen LogP contribution in [0.4, 0.5) is 4.39 Å². The lowest BCUT2D eigenvalue weighted by Gasteiger charge is -2.22. The molecule has 0 aliphatic rings. The largest absolute Gasteiger partial charge is 0.331 e. The molecule has 26 heavy (non-hydrogen) atoms. The van der Waals surface area contributed by atoms with Gasteiger partial charge in [0.25, 0.3) is 5.91 Å². The van der Waals surface area contributed by atoms with Crippen molar-refractivity contribution >= 4 is 28.5 Å². The summed E-state index contributed by atoms with van der Waals surface area (Å²) >= 11 is 6.11. The van der Waals surface area contributed by atoms with Crippen LogP contribution >= 0.6 is 11.6 Å². The highest BCUT2D eigenvalue weighted by Gasteiger charge is 2.21. The van der Waals surface area contributed by atoms with Crippen LogP contribution < -0.4 is 0 Å². The third-order valence-electron chi connectivity index (χ3n) is 4.32. The molecule has 1 heterocycles. The van der Waals surface area contributed by atoms with Gasteiger partial charge in [0.1, 0.15) is 11.6 Å². The highest BCUT2D eigenvalue weighted by atomic mass is 35.5. The van der Waals surface area contributed by atoms with Gasteiger partial charge >= 0.3 is 0 Å². The summed E-state index contributed by atoms with van der Waals surface area (Å²) in [6.45, 7) is 5.57. The maximum atomic E-state index is 14.1. The molecule has 1 amide bonds.